The topological polar surface area (TPSA) is 50.3 Å². The van der Waals surface area contributed by atoms with Gasteiger partial charge in [0.05, 0.1) is 17.4 Å². The lowest BCUT2D eigenvalue weighted by Gasteiger charge is -2.35. The lowest BCUT2D eigenvalue weighted by atomic mass is 10.1. The van der Waals surface area contributed by atoms with E-state index in [0.717, 1.165) is 31.1 Å². The molecule has 130 valence electrons. The van der Waals surface area contributed by atoms with Crippen LogP contribution in [0.4, 0.5) is 0 Å². The molecule has 0 unspecified atom stereocenters. The molecule has 1 fully saturated rings. The van der Waals surface area contributed by atoms with Gasteiger partial charge in [-0.1, -0.05) is 11.6 Å². The van der Waals surface area contributed by atoms with E-state index in [0.29, 0.717) is 6.04 Å². The molecule has 0 aromatic carbocycles. The van der Waals surface area contributed by atoms with Crippen molar-refractivity contribution in [2.75, 3.05) is 26.2 Å². The minimum absolute atomic E-state index is 0.457. The van der Waals surface area contributed by atoms with Gasteiger partial charge in [-0.15, -0.1) is 0 Å². The second-order valence-electron chi connectivity index (χ2n) is 7.21. The van der Waals surface area contributed by atoms with Crippen LogP contribution >= 0.6 is 0 Å². The van der Waals surface area contributed by atoms with Crippen molar-refractivity contribution < 1.29 is 4.52 Å². The minimum Gasteiger partial charge on any atom is -0.361 e. The summed E-state index contributed by atoms with van der Waals surface area (Å²) in [6.07, 6.45) is 7.22. The summed E-state index contributed by atoms with van der Waals surface area (Å²) in [6, 6.07) is 4.64. The van der Waals surface area contributed by atoms with E-state index in [1.54, 1.807) is 0 Å². The molecule has 1 saturated heterocycles. The molecular formula is C18H27N5O. The summed E-state index contributed by atoms with van der Waals surface area (Å²) in [5.74, 6) is 0.883. The van der Waals surface area contributed by atoms with Crippen LogP contribution in [0.2, 0.25) is 0 Å². The molecule has 1 atom stereocenters. The van der Waals surface area contributed by atoms with Gasteiger partial charge in [0.25, 0.3) is 0 Å². The number of aromatic nitrogens is 3. The largest absolute Gasteiger partial charge is 0.361 e. The van der Waals surface area contributed by atoms with E-state index >= 15 is 0 Å². The van der Waals surface area contributed by atoms with E-state index in [-0.39, 0.29) is 0 Å². The highest BCUT2D eigenvalue weighted by atomic mass is 16.5. The van der Waals surface area contributed by atoms with Crippen LogP contribution in [-0.4, -0.2) is 50.9 Å². The Balaban J connectivity index is 1.40. The maximum Gasteiger partial charge on any atom is 0.133 e. The Bertz CT molecular complexity index is 658. The van der Waals surface area contributed by atoms with Crippen LogP contribution < -0.4 is 0 Å². The molecule has 6 nitrogen and oxygen atoms in total. The van der Waals surface area contributed by atoms with Crippen molar-refractivity contribution in [3.63, 3.8) is 0 Å². The number of hydrogen-bond donors (Lipinski definition) is 0. The SMILES string of the molecule is Cc1cc(CN2Cc3ccnn3[C@H](CCN3CCCCC3)C2)no1. The van der Waals surface area contributed by atoms with Crippen molar-refractivity contribution in [2.24, 2.45) is 0 Å². The zero-order valence-electron chi connectivity index (χ0n) is 14.5. The molecule has 0 amide bonds. The van der Waals surface area contributed by atoms with Crippen LogP contribution in [0.25, 0.3) is 0 Å². The van der Waals surface area contributed by atoms with E-state index in [1.165, 1.54) is 51.0 Å². The van der Waals surface area contributed by atoms with Crippen molar-refractivity contribution in [1.29, 1.82) is 0 Å². The van der Waals surface area contributed by atoms with Gasteiger partial charge in [0.15, 0.2) is 0 Å². The normalized spacial score (nSPS) is 22.6. The van der Waals surface area contributed by atoms with Crippen molar-refractivity contribution >= 4 is 0 Å². The average molecular weight is 329 g/mol. The lowest BCUT2D eigenvalue weighted by molar-refractivity contribution is 0.140. The van der Waals surface area contributed by atoms with Gasteiger partial charge in [0.1, 0.15) is 5.76 Å². The van der Waals surface area contributed by atoms with Crippen LogP contribution in [0.1, 0.15) is 48.9 Å². The molecule has 0 saturated carbocycles. The predicted octanol–water partition coefficient (Wildman–Crippen LogP) is 2.61. The Kier molecular flexibility index (Phi) is 4.67. The zero-order chi connectivity index (χ0) is 16.4. The highest BCUT2D eigenvalue weighted by molar-refractivity contribution is 5.08. The Labute approximate surface area is 143 Å². The van der Waals surface area contributed by atoms with Gasteiger partial charge < -0.3 is 9.42 Å². The number of hydrogen-bond acceptors (Lipinski definition) is 5. The fraction of sp³-hybridized carbons (Fsp3) is 0.667. The number of likely N-dealkylation sites (tertiary alicyclic amines) is 1. The van der Waals surface area contributed by atoms with E-state index in [1.807, 2.05) is 19.2 Å². The standard InChI is InChI=1S/C18H27N5O/c1-15-11-16(20-24-15)12-22-13-17-5-7-19-23(17)18(14-22)6-10-21-8-3-2-4-9-21/h5,7,11,18H,2-4,6,8-10,12-14H2,1H3/t18-/m1/s1. The quantitative estimate of drug-likeness (QED) is 0.844. The van der Waals surface area contributed by atoms with Gasteiger partial charge >= 0.3 is 0 Å². The Hall–Kier alpha value is -1.66. The second-order valence-corrected chi connectivity index (χ2v) is 7.21. The van der Waals surface area contributed by atoms with Crippen molar-refractivity contribution in [1.82, 2.24) is 24.7 Å². The summed E-state index contributed by atoms with van der Waals surface area (Å²) < 4.78 is 7.46. The minimum atomic E-state index is 0.457. The third-order valence-corrected chi connectivity index (χ3v) is 5.24. The first-order valence-corrected chi connectivity index (χ1v) is 9.17. The first kappa shape index (κ1) is 15.8. The molecular weight excluding hydrogens is 302 g/mol. The molecule has 6 heteroatoms. The third kappa shape index (κ3) is 3.54. The molecule has 0 N–H and O–H groups in total. The van der Waals surface area contributed by atoms with Crippen LogP contribution in [0, 0.1) is 6.92 Å². The van der Waals surface area contributed by atoms with Crippen LogP contribution in [0.3, 0.4) is 0 Å². The maximum absolute atomic E-state index is 5.21. The first-order valence-electron chi connectivity index (χ1n) is 9.17. The monoisotopic (exact) mass is 329 g/mol. The summed E-state index contributed by atoms with van der Waals surface area (Å²) in [6.45, 7) is 8.48. The Morgan fingerprint density at radius 1 is 1.21 bits per heavy atom. The van der Waals surface area contributed by atoms with Crippen LogP contribution in [-0.2, 0) is 13.1 Å². The first-order chi connectivity index (χ1) is 11.8. The summed E-state index contributed by atoms with van der Waals surface area (Å²) >= 11 is 0. The second kappa shape index (κ2) is 7.07. The molecule has 2 aliphatic rings. The van der Waals surface area contributed by atoms with E-state index < -0.39 is 0 Å². The van der Waals surface area contributed by atoms with Gasteiger partial charge in [-0.2, -0.15) is 5.10 Å². The average Bonchev–Trinajstić information content (AvgIpc) is 3.22. The number of nitrogens with zero attached hydrogens (tertiary/aromatic N) is 5. The van der Waals surface area contributed by atoms with Crippen molar-refractivity contribution in [3.8, 4) is 0 Å². The van der Waals surface area contributed by atoms with E-state index in [2.05, 4.69) is 30.8 Å². The van der Waals surface area contributed by atoms with Crippen molar-refractivity contribution in [2.45, 2.75) is 51.7 Å². The summed E-state index contributed by atoms with van der Waals surface area (Å²) in [4.78, 5) is 5.09. The van der Waals surface area contributed by atoms with Crippen LogP contribution in [0.15, 0.2) is 22.9 Å². The summed E-state index contributed by atoms with van der Waals surface area (Å²) in [7, 11) is 0. The number of piperidine rings is 1. The Morgan fingerprint density at radius 3 is 2.88 bits per heavy atom. The summed E-state index contributed by atoms with van der Waals surface area (Å²) in [5, 5.41) is 8.74. The van der Waals surface area contributed by atoms with Gasteiger partial charge in [-0.3, -0.25) is 9.58 Å². The molecule has 0 spiro atoms. The predicted molar refractivity (Wildman–Crippen MR) is 91.5 cm³/mol. The molecule has 2 aromatic rings. The number of fused-ring (bicyclic) bond motifs is 1. The van der Waals surface area contributed by atoms with Gasteiger partial charge in [-0.25, -0.2) is 0 Å². The molecule has 2 aliphatic heterocycles. The van der Waals surface area contributed by atoms with Crippen LogP contribution in [0.5, 0.6) is 0 Å². The molecule has 2 aromatic heterocycles. The lowest BCUT2D eigenvalue weighted by Crippen LogP contribution is -2.39. The zero-order valence-corrected chi connectivity index (χ0v) is 14.5. The molecule has 24 heavy (non-hydrogen) atoms. The van der Waals surface area contributed by atoms with E-state index in [9.17, 15) is 0 Å². The third-order valence-electron chi connectivity index (χ3n) is 5.24. The highest BCUT2D eigenvalue weighted by Crippen LogP contribution is 2.25. The molecule has 0 radical (unpaired) electrons. The smallest absolute Gasteiger partial charge is 0.133 e. The Morgan fingerprint density at radius 2 is 2.08 bits per heavy atom. The molecule has 0 bridgehead atoms. The van der Waals surface area contributed by atoms with Gasteiger partial charge in [0, 0.05) is 38.4 Å². The van der Waals surface area contributed by atoms with Crippen molar-refractivity contribution in [3.05, 3.63) is 35.5 Å². The maximum atomic E-state index is 5.21. The number of aryl methyl sites for hydroxylation is 1. The fourth-order valence-electron chi connectivity index (χ4n) is 4.03. The summed E-state index contributed by atoms with van der Waals surface area (Å²) in [5.41, 5.74) is 2.33. The van der Waals surface area contributed by atoms with E-state index in [4.69, 9.17) is 4.52 Å². The molecule has 4 heterocycles. The molecule has 0 aliphatic carbocycles. The highest BCUT2D eigenvalue weighted by Gasteiger charge is 2.26. The molecule has 4 rings (SSSR count). The van der Waals surface area contributed by atoms with Gasteiger partial charge in [-0.05, 0) is 45.3 Å². The number of rotatable bonds is 5. The van der Waals surface area contributed by atoms with Gasteiger partial charge in [0.2, 0.25) is 0 Å². The fourth-order valence-corrected chi connectivity index (χ4v) is 4.03.